The number of esters is 1. The number of ether oxygens (including phenoxy) is 1. The third-order valence-electron chi connectivity index (χ3n) is 4.12. The Morgan fingerprint density at radius 3 is 2.84 bits per heavy atom. The van der Waals surface area contributed by atoms with Crippen LogP contribution in [0.2, 0.25) is 0 Å². The summed E-state index contributed by atoms with van der Waals surface area (Å²) in [6, 6.07) is 4.14. The molecule has 1 saturated carbocycles. The minimum atomic E-state index is -0.394. The average Bonchev–Trinajstić information content (AvgIpc) is 2.42. The average molecular weight is 262 g/mol. The van der Waals surface area contributed by atoms with Gasteiger partial charge in [0, 0.05) is 17.9 Å². The number of aromatic nitrogens is 1. The van der Waals surface area contributed by atoms with E-state index in [9.17, 15) is 4.79 Å². The summed E-state index contributed by atoms with van der Waals surface area (Å²) < 4.78 is 4.68. The van der Waals surface area contributed by atoms with Crippen molar-refractivity contribution in [2.45, 2.75) is 39.2 Å². The molecule has 1 aromatic rings. The Morgan fingerprint density at radius 1 is 1.37 bits per heavy atom. The number of carbonyl (C=O) groups excluding carboxylic acids is 1. The summed E-state index contributed by atoms with van der Waals surface area (Å²) in [5, 5.41) is 3.50. The van der Waals surface area contributed by atoms with Crippen molar-refractivity contribution in [2.75, 3.05) is 12.4 Å². The lowest BCUT2D eigenvalue weighted by molar-refractivity contribution is 0.0594. The van der Waals surface area contributed by atoms with Gasteiger partial charge in [0.15, 0.2) is 0 Å². The van der Waals surface area contributed by atoms with Crippen LogP contribution in [0.4, 0.5) is 5.69 Å². The lowest BCUT2D eigenvalue weighted by atomic mass is 9.79. The summed E-state index contributed by atoms with van der Waals surface area (Å²) in [5.41, 5.74) is 1.30. The van der Waals surface area contributed by atoms with Crippen LogP contribution in [0.3, 0.4) is 0 Å². The molecule has 0 amide bonds. The standard InChI is InChI=1S/C15H22N2O2/c1-10-4-5-12(8-11(10)2)17-13-6-7-16-14(9-13)15(18)19-3/h6-7,9-12H,4-5,8H2,1-3H3,(H,16,17). The second kappa shape index (κ2) is 6.04. The first-order chi connectivity index (χ1) is 9.10. The summed E-state index contributed by atoms with van der Waals surface area (Å²) >= 11 is 0. The molecule has 104 valence electrons. The van der Waals surface area contributed by atoms with Gasteiger partial charge in [0.1, 0.15) is 5.69 Å². The van der Waals surface area contributed by atoms with Crippen LogP contribution in [0.1, 0.15) is 43.6 Å². The van der Waals surface area contributed by atoms with Crippen molar-refractivity contribution in [1.82, 2.24) is 4.98 Å². The van der Waals surface area contributed by atoms with Crippen molar-refractivity contribution in [1.29, 1.82) is 0 Å². The summed E-state index contributed by atoms with van der Waals surface area (Å²) in [6.45, 7) is 4.63. The third kappa shape index (κ3) is 3.46. The van der Waals surface area contributed by atoms with Crippen LogP contribution in [0.5, 0.6) is 0 Å². The Morgan fingerprint density at radius 2 is 2.16 bits per heavy atom. The van der Waals surface area contributed by atoms with Gasteiger partial charge in [0.2, 0.25) is 0 Å². The molecule has 1 aliphatic rings. The zero-order valence-electron chi connectivity index (χ0n) is 11.8. The normalized spacial score (nSPS) is 26.8. The number of rotatable bonds is 3. The summed E-state index contributed by atoms with van der Waals surface area (Å²) in [7, 11) is 1.37. The van der Waals surface area contributed by atoms with E-state index in [0.717, 1.165) is 17.5 Å². The zero-order valence-corrected chi connectivity index (χ0v) is 11.8. The Labute approximate surface area is 114 Å². The molecule has 0 aromatic carbocycles. The van der Waals surface area contributed by atoms with E-state index in [1.165, 1.54) is 26.4 Å². The van der Waals surface area contributed by atoms with Gasteiger partial charge < -0.3 is 10.1 Å². The summed E-state index contributed by atoms with van der Waals surface area (Å²) in [6.07, 6.45) is 5.26. The Kier molecular flexibility index (Phi) is 4.40. The fraction of sp³-hybridized carbons (Fsp3) is 0.600. The van der Waals surface area contributed by atoms with Crippen LogP contribution in [0.15, 0.2) is 18.3 Å². The molecule has 0 spiro atoms. The fourth-order valence-electron chi connectivity index (χ4n) is 2.65. The van der Waals surface area contributed by atoms with E-state index in [1.54, 1.807) is 12.3 Å². The van der Waals surface area contributed by atoms with Crippen LogP contribution in [0.25, 0.3) is 0 Å². The molecule has 1 fully saturated rings. The fourth-order valence-corrected chi connectivity index (χ4v) is 2.65. The van der Waals surface area contributed by atoms with Crippen LogP contribution in [-0.2, 0) is 4.74 Å². The Hall–Kier alpha value is -1.58. The molecule has 0 radical (unpaired) electrons. The maximum atomic E-state index is 11.4. The van der Waals surface area contributed by atoms with Crippen molar-refractivity contribution in [3.8, 4) is 0 Å². The van der Waals surface area contributed by atoms with E-state index >= 15 is 0 Å². The van der Waals surface area contributed by atoms with Gasteiger partial charge in [-0.2, -0.15) is 0 Å². The van der Waals surface area contributed by atoms with E-state index in [2.05, 4.69) is 28.9 Å². The topological polar surface area (TPSA) is 51.2 Å². The van der Waals surface area contributed by atoms with Crippen molar-refractivity contribution < 1.29 is 9.53 Å². The lowest BCUT2D eigenvalue weighted by Gasteiger charge is -2.33. The highest BCUT2D eigenvalue weighted by molar-refractivity contribution is 5.88. The molecule has 3 unspecified atom stereocenters. The van der Waals surface area contributed by atoms with Crippen molar-refractivity contribution in [2.24, 2.45) is 11.8 Å². The van der Waals surface area contributed by atoms with Gasteiger partial charge in [-0.25, -0.2) is 9.78 Å². The van der Waals surface area contributed by atoms with Gasteiger partial charge in [-0.05, 0) is 43.2 Å². The second-order valence-corrected chi connectivity index (χ2v) is 5.53. The van der Waals surface area contributed by atoms with Crippen LogP contribution in [-0.4, -0.2) is 24.1 Å². The van der Waals surface area contributed by atoms with Gasteiger partial charge in [-0.15, -0.1) is 0 Å². The number of nitrogens with zero attached hydrogens (tertiary/aromatic N) is 1. The van der Waals surface area contributed by atoms with Gasteiger partial charge in [0.25, 0.3) is 0 Å². The highest BCUT2D eigenvalue weighted by atomic mass is 16.5. The number of hydrogen-bond acceptors (Lipinski definition) is 4. The maximum absolute atomic E-state index is 11.4. The molecule has 4 heteroatoms. The molecule has 0 saturated heterocycles. The van der Waals surface area contributed by atoms with Crippen molar-refractivity contribution in [3.63, 3.8) is 0 Å². The SMILES string of the molecule is COC(=O)c1cc(NC2CCC(C)C(C)C2)ccn1. The molecule has 0 bridgehead atoms. The van der Waals surface area contributed by atoms with E-state index in [1.807, 2.05) is 6.07 Å². The van der Waals surface area contributed by atoms with E-state index in [4.69, 9.17) is 0 Å². The van der Waals surface area contributed by atoms with E-state index < -0.39 is 5.97 Å². The largest absolute Gasteiger partial charge is 0.464 e. The minimum Gasteiger partial charge on any atom is -0.464 e. The number of anilines is 1. The first-order valence-electron chi connectivity index (χ1n) is 6.91. The molecule has 19 heavy (non-hydrogen) atoms. The summed E-state index contributed by atoms with van der Waals surface area (Å²) in [5.74, 6) is 1.16. The zero-order chi connectivity index (χ0) is 13.8. The van der Waals surface area contributed by atoms with Gasteiger partial charge >= 0.3 is 5.97 Å². The molecule has 0 aliphatic heterocycles. The van der Waals surface area contributed by atoms with Gasteiger partial charge in [-0.1, -0.05) is 13.8 Å². The minimum absolute atomic E-state index is 0.352. The lowest BCUT2D eigenvalue weighted by Crippen LogP contribution is -2.30. The van der Waals surface area contributed by atoms with Crippen molar-refractivity contribution in [3.05, 3.63) is 24.0 Å². The Balaban J connectivity index is 2.01. The molecule has 1 aliphatic carbocycles. The number of carbonyl (C=O) groups is 1. The molecule has 1 aromatic heterocycles. The van der Waals surface area contributed by atoms with Gasteiger partial charge in [0.05, 0.1) is 7.11 Å². The molecule has 3 atom stereocenters. The number of pyridine rings is 1. The van der Waals surface area contributed by atoms with Crippen LogP contribution in [0, 0.1) is 11.8 Å². The number of methoxy groups -OCH3 is 1. The predicted octanol–water partition coefficient (Wildman–Crippen LogP) is 3.10. The molecule has 4 nitrogen and oxygen atoms in total. The first-order valence-corrected chi connectivity index (χ1v) is 6.91. The highest BCUT2D eigenvalue weighted by Gasteiger charge is 2.24. The third-order valence-corrected chi connectivity index (χ3v) is 4.12. The monoisotopic (exact) mass is 262 g/mol. The maximum Gasteiger partial charge on any atom is 0.356 e. The molecule has 1 heterocycles. The quantitative estimate of drug-likeness (QED) is 0.850. The van der Waals surface area contributed by atoms with Gasteiger partial charge in [-0.3, -0.25) is 0 Å². The molecular formula is C15H22N2O2. The smallest absolute Gasteiger partial charge is 0.356 e. The highest BCUT2D eigenvalue weighted by Crippen LogP contribution is 2.31. The molecular weight excluding hydrogens is 240 g/mol. The second-order valence-electron chi connectivity index (χ2n) is 5.53. The Bertz CT molecular complexity index is 448. The summed E-state index contributed by atoms with van der Waals surface area (Å²) in [4.78, 5) is 15.5. The first kappa shape index (κ1) is 13.8. The van der Waals surface area contributed by atoms with Crippen molar-refractivity contribution >= 4 is 11.7 Å². The molecule has 1 N–H and O–H groups in total. The van der Waals surface area contributed by atoms with E-state index in [-0.39, 0.29) is 0 Å². The molecule has 2 rings (SSSR count). The predicted molar refractivity (Wildman–Crippen MR) is 75.2 cm³/mol. The van der Waals surface area contributed by atoms with E-state index in [0.29, 0.717) is 11.7 Å². The number of hydrogen-bond donors (Lipinski definition) is 1. The van der Waals surface area contributed by atoms with Crippen LogP contribution < -0.4 is 5.32 Å². The number of nitrogens with one attached hydrogen (secondary N) is 1. The van der Waals surface area contributed by atoms with Crippen LogP contribution >= 0.6 is 0 Å².